The van der Waals surface area contributed by atoms with Crippen LogP contribution in [-0.4, -0.2) is 27.3 Å². The first-order valence-corrected chi connectivity index (χ1v) is 9.81. The summed E-state index contributed by atoms with van der Waals surface area (Å²) < 4.78 is 43.3. The zero-order valence-corrected chi connectivity index (χ0v) is 15.7. The minimum atomic E-state index is -3.78. The number of aromatic nitrogens is 1. The van der Waals surface area contributed by atoms with Gasteiger partial charge in [0.05, 0.1) is 23.9 Å². The summed E-state index contributed by atoms with van der Waals surface area (Å²) in [4.78, 5) is 4.32. The summed E-state index contributed by atoms with van der Waals surface area (Å²) in [6, 6.07) is 15.2. The molecule has 1 aliphatic rings. The molecule has 0 amide bonds. The number of fused-ring (bicyclic) bond motifs is 1. The number of sulfonamides is 1. The van der Waals surface area contributed by atoms with E-state index in [1.807, 2.05) is 24.3 Å². The molecule has 2 N–H and O–H groups in total. The van der Waals surface area contributed by atoms with Crippen LogP contribution in [0.5, 0.6) is 17.2 Å². The molecule has 1 aliphatic heterocycles. The van der Waals surface area contributed by atoms with Gasteiger partial charge in [-0.3, -0.25) is 4.72 Å². The normalized spacial score (nSPS) is 12.5. The van der Waals surface area contributed by atoms with Crippen molar-refractivity contribution in [2.24, 2.45) is 0 Å². The number of hydrogen-bond donors (Lipinski definition) is 2. The van der Waals surface area contributed by atoms with Gasteiger partial charge < -0.3 is 19.5 Å². The molecule has 0 unspecified atom stereocenters. The largest absolute Gasteiger partial charge is 0.497 e. The first-order valence-electron chi connectivity index (χ1n) is 8.33. The van der Waals surface area contributed by atoms with Gasteiger partial charge in [0.2, 0.25) is 6.79 Å². The van der Waals surface area contributed by atoms with Crippen molar-refractivity contribution in [3.63, 3.8) is 0 Å². The van der Waals surface area contributed by atoms with Crippen molar-refractivity contribution in [3.05, 3.63) is 60.8 Å². The predicted octanol–water partition coefficient (Wildman–Crippen LogP) is 3.36. The van der Waals surface area contributed by atoms with Gasteiger partial charge in [0.15, 0.2) is 11.5 Å². The van der Waals surface area contributed by atoms with E-state index in [2.05, 4.69) is 15.0 Å². The van der Waals surface area contributed by atoms with Crippen molar-refractivity contribution >= 4 is 27.2 Å². The van der Waals surface area contributed by atoms with E-state index in [-0.39, 0.29) is 11.7 Å². The molecule has 8 nitrogen and oxygen atoms in total. The SMILES string of the molecule is COc1cccc(Nc2ccc(NS(=O)(=O)c3ccc4c(c3)OCO4)cn2)c1. The fraction of sp³-hybridized carbons (Fsp3) is 0.105. The van der Waals surface area contributed by atoms with Crippen molar-refractivity contribution in [1.82, 2.24) is 4.98 Å². The van der Waals surface area contributed by atoms with Gasteiger partial charge in [0.25, 0.3) is 10.0 Å². The molecule has 3 aromatic rings. The summed E-state index contributed by atoms with van der Waals surface area (Å²) in [6.45, 7) is 0.0813. The van der Waals surface area contributed by atoms with Crippen LogP contribution in [0.3, 0.4) is 0 Å². The molecule has 0 atom stereocenters. The van der Waals surface area contributed by atoms with E-state index in [0.29, 0.717) is 23.0 Å². The number of pyridine rings is 1. The second-order valence-corrected chi connectivity index (χ2v) is 7.59. The number of ether oxygens (including phenoxy) is 3. The third kappa shape index (κ3) is 3.79. The number of anilines is 3. The van der Waals surface area contributed by atoms with Crippen molar-refractivity contribution in [1.29, 1.82) is 0 Å². The quantitative estimate of drug-likeness (QED) is 0.656. The van der Waals surface area contributed by atoms with Crippen molar-refractivity contribution in [2.75, 3.05) is 23.9 Å². The van der Waals surface area contributed by atoms with E-state index in [1.165, 1.54) is 18.3 Å². The number of nitrogens with one attached hydrogen (secondary N) is 2. The van der Waals surface area contributed by atoms with Gasteiger partial charge >= 0.3 is 0 Å². The minimum Gasteiger partial charge on any atom is -0.497 e. The Morgan fingerprint density at radius 2 is 1.86 bits per heavy atom. The second-order valence-electron chi connectivity index (χ2n) is 5.91. The molecule has 1 aromatic heterocycles. The van der Waals surface area contributed by atoms with Gasteiger partial charge in [-0.25, -0.2) is 13.4 Å². The molecule has 0 aliphatic carbocycles. The maximum atomic E-state index is 12.6. The van der Waals surface area contributed by atoms with Gasteiger partial charge in [-0.05, 0) is 36.4 Å². The first kappa shape index (κ1) is 17.9. The molecule has 0 saturated carbocycles. The Morgan fingerprint density at radius 3 is 2.64 bits per heavy atom. The van der Waals surface area contributed by atoms with Gasteiger partial charge in [-0.1, -0.05) is 6.07 Å². The molecule has 2 aromatic carbocycles. The first-order chi connectivity index (χ1) is 13.5. The fourth-order valence-electron chi connectivity index (χ4n) is 2.63. The second kappa shape index (κ2) is 7.28. The van der Waals surface area contributed by atoms with Crippen LogP contribution < -0.4 is 24.2 Å². The van der Waals surface area contributed by atoms with Gasteiger partial charge in [0, 0.05) is 17.8 Å². The number of benzene rings is 2. The Kier molecular flexibility index (Phi) is 4.66. The van der Waals surface area contributed by atoms with E-state index in [0.717, 1.165) is 11.4 Å². The molecule has 9 heteroatoms. The third-order valence-corrected chi connectivity index (χ3v) is 5.39. The van der Waals surface area contributed by atoms with Crippen LogP contribution in [0, 0.1) is 0 Å². The predicted molar refractivity (Wildman–Crippen MR) is 104 cm³/mol. The van der Waals surface area contributed by atoms with Gasteiger partial charge in [0.1, 0.15) is 11.6 Å². The highest BCUT2D eigenvalue weighted by Gasteiger charge is 2.20. The van der Waals surface area contributed by atoms with Crippen molar-refractivity contribution in [3.8, 4) is 17.2 Å². The van der Waals surface area contributed by atoms with Crippen LogP contribution in [0.25, 0.3) is 0 Å². The van der Waals surface area contributed by atoms with Crippen LogP contribution in [0.2, 0.25) is 0 Å². The molecule has 2 heterocycles. The summed E-state index contributed by atoms with van der Waals surface area (Å²) >= 11 is 0. The summed E-state index contributed by atoms with van der Waals surface area (Å²) in [6.07, 6.45) is 1.44. The lowest BCUT2D eigenvalue weighted by molar-refractivity contribution is 0.174. The van der Waals surface area contributed by atoms with E-state index < -0.39 is 10.0 Å². The summed E-state index contributed by atoms with van der Waals surface area (Å²) in [5.41, 5.74) is 1.15. The van der Waals surface area contributed by atoms with Crippen LogP contribution in [0.4, 0.5) is 17.2 Å². The lowest BCUT2D eigenvalue weighted by Gasteiger charge is -2.10. The van der Waals surface area contributed by atoms with Crippen LogP contribution in [0.15, 0.2) is 65.7 Å². The smallest absolute Gasteiger partial charge is 0.262 e. The Labute approximate surface area is 162 Å². The molecule has 0 bridgehead atoms. The number of hydrogen-bond acceptors (Lipinski definition) is 7. The maximum absolute atomic E-state index is 12.6. The highest BCUT2D eigenvalue weighted by atomic mass is 32.2. The fourth-order valence-corrected chi connectivity index (χ4v) is 3.69. The zero-order chi connectivity index (χ0) is 19.6. The Hall–Kier alpha value is -3.46. The lowest BCUT2D eigenvalue weighted by atomic mass is 10.3. The molecule has 0 saturated heterocycles. The average Bonchev–Trinajstić information content (AvgIpc) is 3.17. The van der Waals surface area contributed by atoms with E-state index >= 15 is 0 Å². The molecular weight excluding hydrogens is 382 g/mol. The average molecular weight is 399 g/mol. The van der Waals surface area contributed by atoms with Crippen molar-refractivity contribution in [2.45, 2.75) is 4.90 Å². The topological polar surface area (TPSA) is 98.8 Å². The summed E-state index contributed by atoms with van der Waals surface area (Å²) in [7, 11) is -2.18. The highest BCUT2D eigenvalue weighted by Crippen LogP contribution is 2.34. The molecular formula is C19H17N3O5S. The minimum absolute atomic E-state index is 0.0790. The van der Waals surface area contributed by atoms with E-state index in [4.69, 9.17) is 14.2 Å². The summed E-state index contributed by atoms with van der Waals surface area (Å²) in [5.74, 6) is 2.21. The molecule has 0 fully saturated rings. The Balaban J connectivity index is 1.48. The monoisotopic (exact) mass is 399 g/mol. The van der Waals surface area contributed by atoms with Gasteiger partial charge in [-0.15, -0.1) is 0 Å². The van der Waals surface area contributed by atoms with Crippen molar-refractivity contribution < 1.29 is 22.6 Å². The van der Waals surface area contributed by atoms with Crippen LogP contribution in [-0.2, 0) is 10.0 Å². The van der Waals surface area contributed by atoms with E-state index in [9.17, 15) is 8.42 Å². The lowest BCUT2D eigenvalue weighted by Crippen LogP contribution is -2.13. The maximum Gasteiger partial charge on any atom is 0.262 e. The molecule has 28 heavy (non-hydrogen) atoms. The Morgan fingerprint density at radius 1 is 1.00 bits per heavy atom. The third-order valence-electron chi connectivity index (χ3n) is 4.01. The number of rotatable bonds is 6. The Bertz CT molecular complexity index is 1100. The van der Waals surface area contributed by atoms with Crippen LogP contribution in [0.1, 0.15) is 0 Å². The highest BCUT2D eigenvalue weighted by molar-refractivity contribution is 7.92. The molecule has 4 rings (SSSR count). The number of methoxy groups -OCH3 is 1. The van der Waals surface area contributed by atoms with E-state index in [1.54, 1.807) is 25.3 Å². The molecule has 0 spiro atoms. The molecule has 0 radical (unpaired) electrons. The van der Waals surface area contributed by atoms with Crippen LogP contribution >= 0.6 is 0 Å². The standard InChI is InChI=1S/C19H17N3O5S/c1-25-15-4-2-3-13(9-15)21-19-8-5-14(11-20-19)22-28(23,24)16-6-7-17-18(10-16)27-12-26-17/h2-11,22H,12H2,1H3,(H,20,21). The molecule has 144 valence electrons. The summed E-state index contributed by atoms with van der Waals surface area (Å²) in [5, 5.41) is 3.13. The zero-order valence-electron chi connectivity index (χ0n) is 14.9. The number of nitrogens with zero attached hydrogens (tertiary/aromatic N) is 1. The van der Waals surface area contributed by atoms with Gasteiger partial charge in [-0.2, -0.15) is 0 Å².